The van der Waals surface area contributed by atoms with Gasteiger partial charge in [-0.25, -0.2) is 4.39 Å². The Morgan fingerprint density at radius 1 is 1.56 bits per heavy atom. The van der Waals surface area contributed by atoms with Crippen LogP contribution in [0.2, 0.25) is 0 Å². The summed E-state index contributed by atoms with van der Waals surface area (Å²) < 4.78 is 24.0. The Bertz CT molecular complexity index is 176. The molecule has 49 valence electrons. The molecule has 1 radical (unpaired) electrons. The van der Waals surface area contributed by atoms with E-state index in [1.807, 2.05) is 0 Å². The van der Waals surface area contributed by atoms with Crippen LogP contribution in [-0.4, -0.2) is 11.7 Å². The van der Waals surface area contributed by atoms with Crippen molar-refractivity contribution in [3.05, 3.63) is 23.9 Å². The Hall–Kier alpha value is -1.06. The molecule has 0 bridgehead atoms. The second kappa shape index (κ2) is 2.05. The van der Waals surface area contributed by atoms with Crippen molar-refractivity contribution >= 4 is 0 Å². The fourth-order valence-electron chi connectivity index (χ4n) is 0.506. The van der Waals surface area contributed by atoms with E-state index in [0.717, 1.165) is 12.2 Å². The summed E-state index contributed by atoms with van der Waals surface area (Å²) >= 11 is 0. The summed E-state index contributed by atoms with van der Waals surface area (Å²) in [6, 6.07) is 0. The fraction of sp³-hybridized carbons (Fsp3) is 0.200. The van der Waals surface area contributed by atoms with Gasteiger partial charge in [0.1, 0.15) is 12.4 Å². The van der Waals surface area contributed by atoms with Crippen LogP contribution in [0.3, 0.4) is 0 Å². The highest BCUT2D eigenvalue weighted by atomic mass is 19.2. The molecule has 0 aromatic rings. The number of nitrogens with zero attached hydrogens (tertiary/aromatic N) is 1. The van der Waals surface area contributed by atoms with E-state index in [4.69, 9.17) is 0 Å². The first-order valence-corrected chi connectivity index (χ1v) is 2.37. The lowest BCUT2D eigenvalue weighted by molar-refractivity contribution is -0.00753. The molecular formula is C5H4F2NO. The summed E-state index contributed by atoms with van der Waals surface area (Å²) in [7, 11) is 0. The maximum absolute atomic E-state index is 12.0. The largest absolute Gasteiger partial charge is 0.274 e. The first kappa shape index (κ1) is 6.07. The second-order valence-corrected chi connectivity index (χ2v) is 1.64. The standard InChI is InChI=1S/C5H4F2NO/c6-4-1-2-5(9)8(7)3-4/h1-2H,3H2. The third-order valence-electron chi connectivity index (χ3n) is 0.936. The van der Waals surface area contributed by atoms with Crippen molar-refractivity contribution in [3.8, 4) is 0 Å². The molecule has 1 aliphatic rings. The van der Waals surface area contributed by atoms with Crippen LogP contribution in [-0.2, 0) is 5.11 Å². The highest BCUT2D eigenvalue weighted by molar-refractivity contribution is 5.14. The van der Waals surface area contributed by atoms with Gasteiger partial charge in [-0.15, -0.1) is 0 Å². The zero-order chi connectivity index (χ0) is 6.85. The zero-order valence-electron chi connectivity index (χ0n) is 4.47. The topological polar surface area (TPSA) is 23.1 Å². The summed E-state index contributed by atoms with van der Waals surface area (Å²) in [5.41, 5.74) is 0. The number of rotatable bonds is 0. The third-order valence-corrected chi connectivity index (χ3v) is 0.936. The molecule has 0 amide bonds. The highest BCUT2D eigenvalue weighted by Gasteiger charge is 2.14. The Kier molecular flexibility index (Phi) is 1.38. The molecule has 1 aliphatic heterocycles. The molecule has 0 atom stereocenters. The van der Waals surface area contributed by atoms with Crippen molar-refractivity contribution in [1.82, 2.24) is 5.12 Å². The van der Waals surface area contributed by atoms with Crippen LogP contribution in [0, 0.1) is 0 Å². The van der Waals surface area contributed by atoms with Crippen molar-refractivity contribution in [3.63, 3.8) is 0 Å². The average molecular weight is 132 g/mol. The lowest BCUT2D eigenvalue weighted by Gasteiger charge is -2.10. The van der Waals surface area contributed by atoms with E-state index in [1.165, 1.54) is 0 Å². The van der Waals surface area contributed by atoms with E-state index in [2.05, 4.69) is 0 Å². The zero-order valence-corrected chi connectivity index (χ0v) is 4.47. The van der Waals surface area contributed by atoms with Crippen molar-refractivity contribution in [2.45, 2.75) is 0 Å². The second-order valence-electron chi connectivity index (χ2n) is 1.64. The summed E-state index contributed by atoms with van der Waals surface area (Å²) in [6.45, 7) is -0.560. The Balaban J connectivity index is 2.74. The van der Waals surface area contributed by atoms with Gasteiger partial charge in [0.15, 0.2) is 0 Å². The number of halogens is 2. The molecule has 0 aliphatic carbocycles. The van der Waals surface area contributed by atoms with E-state index in [-0.39, 0.29) is 5.12 Å². The van der Waals surface area contributed by atoms with Gasteiger partial charge < -0.3 is 0 Å². The first-order chi connectivity index (χ1) is 4.20. The van der Waals surface area contributed by atoms with Crippen LogP contribution in [0.4, 0.5) is 8.87 Å². The third kappa shape index (κ3) is 1.19. The molecule has 0 aromatic carbocycles. The van der Waals surface area contributed by atoms with Gasteiger partial charge in [-0.3, -0.25) is 5.11 Å². The van der Waals surface area contributed by atoms with E-state index < -0.39 is 18.3 Å². The molecule has 9 heavy (non-hydrogen) atoms. The van der Waals surface area contributed by atoms with E-state index in [0.29, 0.717) is 0 Å². The molecule has 4 heteroatoms. The predicted octanol–water partition coefficient (Wildman–Crippen LogP) is 1.31. The SMILES string of the molecule is [O]C1=CC=C(F)CN1F. The van der Waals surface area contributed by atoms with Gasteiger partial charge in [0.25, 0.3) is 5.88 Å². The normalized spacial score (nSPS) is 19.1. The average Bonchev–Trinajstić information content (AvgIpc) is 1.80. The monoisotopic (exact) mass is 132 g/mol. The summed E-state index contributed by atoms with van der Waals surface area (Å²) in [5, 5.41) is 10.0. The molecule has 1 rings (SSSR count). The van der Waals surface area contributed by atoms with Gasteiger partial charge in [-0.1, -0.05) is 4.48 Å². The van der Waals surface area contributed by atoms with E-state index in [9.17, 15) is 14.0 Å². The fourth-order valence-corrected chi connectivity index (χ4v) is 0.506. The Labute approximate surface area is 50.6 Å². The predicted molar refractivity (Wildman–Crippen MR) is 25.8 cm³/mol. The van der Waals surface area contributed by atoms with E-state index in [1.54, 1.807) is 0 Å². The number of hydrogen-bond donors (Lipinski definition) is 0. The van der Waals surface area contributed by atoms with Crippen LogP contribution in [0.15, 0.2) is 23.9 Å². The van der Waals surface area contributed by atoms with Crippen LogP contribution in [0.1, 0.15) is 0 Å². The Morgan fingerprint density at radius 3 is 2.67 bits per heavy atom. The molecule has 1 heterocycles. The van der Waals surface area contributed by atoms with Crippen molar-refractivity contribution < 1.29 is 14.0 Å². The van der Waals surface area contributed by atoms with Crippen LogP contribution >= 0.6 is 0 Å². The summed E-state index contributed by atoms with van der Waals surface area (Å²) in [5.74, 6) is -1.45. The van der Waals surface area contributed by atoms with Gasteiger partial charge in [0.2, 0.25) is 0 Å². The van der Waals surface area contributed by atoms with Crippen LogP contribution in [0.25, 0.3) is 0 Å². The van der Waals surface area contributed by atoms with Gasteiger partial charge in [-0.2, -0.15) is 5.12 Å². The molecule has 0 fully saturated rings. The summed E-state index contributed by atoms with van der Waals surface area (Å²) in [6.07, 6.45) is 1.80. The highest BCUT2D eigenvalue weighted by Crippen LogP contribution is 2.13. The minimum Gasteiger partial charge on any atom is -0.267 e. The van der Waals surface area contributed by atoms with Crippen molar-refractivity contribution in [2.75, 3.05) is 6.54 Å². The van der Waals surface area contributed by atoms with Crippen LogP contribution < -0.4 is 0 Å². The molecule has 0 saturated heterocycles. The number of hydrogen-bond acceptors (Lipinski definition) is 1. The molecule has 0 aromatic heterocycles. The molecule has 2 nitrogen and oxygen atoms in total. The smallest absolute Gasteiger partial charge is 0.267 e. The van der Waals surface area contributed by atoms with Gasteiger partial charge in [0.05, 0.1) is 0 Å². The minimum absolute atomic E-state index is 0.185. The molecule has 0 N–H and O–H groups in total. The minimum atomic E-state index is -0.809. The van der Waals surface area contributed by atoms with Crippen molar-refractivity contribution in [1.29, 1.82) is 0 Å². The van der Waals surface area contributed by atoms with Crippen molar-refractivity contribution in [2.24, 2.45) is 0 Å². The molecule has 0 unspecified atom stereocenters. The first-order valence-electron chi connectivity index (χ1n) is 2.37. The Morgan fingerprint density at radius 2 is 2.22 bits per heavy atom. The van der Waals surface area contributed by atoms with Gasteiger partial charge in [-0.05, 0) is 6.08 Å². The quantitative estimate of drug-likeness (QED) is 0.456. The van der Waals surface area contributed by atoms with Gasteiger partial charge in [0, 0.05) is 6.08 Å². The maximum atomic E-state index is 12.0. The number of allylic oxidation sites excluding steroid dienone is 2. The van der Waals surface area contributed by atoms with E-state index >= 15 is 0 Å². The lowest BCUT2D eigenvalue weighted by Crippen LogP contribution is -2.16. The molecule has 0 spiro atoms. The molecule has 0 saturated carbocycles. The van der Waals surface area contributed by atoms with Gasteiger partial charge >= 0.3 is 0 Å². The summed E-state index contributed by atoms with van der Waals surface area (Å²) in [4.78, 5) is 0. The lowest BCUT2D eigenvalue weighted by atomic mass is 10.3. The molecular weight excluding hydrogens is 128 g/mol. The maximum Gasteiger partial charge on any atom is 0.274 e. The van der Waals surface area contributed by atoms with Crippen LogP contribution in [0.5, 0.6) is 0 Å².